The second-order valence-corrected chi connectivity index (χ2v) is 5.54. The molecule has 1 aliphatic heterocycles. The predicted octanol–water partition coefficient (Wildman–Crippen LogP) is 0.913. The predicted molar refractivity (Wildman–Crippen MR) is 63.5 cm³/mol. The van der Waals surface area contributed by atoms with Crippen LogP contribution < -0.4 is 5.32 Å². The van der Waals surface area contributed by atoms with Gasteiger partial charge in [0.15, 0.2) is 0 Å². The van der Waals surface area contributed by atoms with Crippen molar-refractivity contribution in [1.82, 2.24) is 15.1 Å². The molecule has 0 radical (unpaired) electrons. The second-order valence-electron chi connectivity index (χ2n) is 5.54. The summed E-state index contributed by atoms with van der Waals surface area (Å²) in [5.41, 5.74) is -0.675. The van der Waals surface area contributed by atoms with Crippen molar-refractivity contribution in [2.75, 3.05) is 13.1 Å². The van der Waals surface area contributed by atoms with E-state index in [0.29, 0.717) is 6.42 Å². The maximum absolute atomic E-state index is 11.9. The van der Waals surface area contributed by atoms with Gasteiger partial charge in [-0.3, -0.25) is 9.48 Å². The number of nitrogens with zero attached hydrogens (tertiary/aromatic N) is 2. The quantitative estimate of drug-likeness (QED) is 0.794. The van der Waals surface area contributed by atoms with Gasteiger partial charge in [0.05, 0.1) is 12.0 Å². The molecule has 1 fully saturated rings. The molecule has 1 aliphatic rings. The van der Waals surface area contributed by atoms with Crippen molar-refractivity contribution in [1.29, 1.82) is 0 Å². The first-order valence-corrected chi connectivity index (χ1v) is 5.84. The zero-order valence-corrected chi connectivity index (χ0v) is 10.6. The molecule has 0 bridgehead atoms. The Morgan fingerprint density at radius 1 is 1.53 bits per heavy atom. The molecule has 0 amide bonds. The number of nitrogens with one attached hydrogen (secondary N) is 1. The number of ether oxygens (including phenoxy) is 1. The molecule has 94 valence electrons. The zero-order chi connectivity index (χ0) is 12.5. The first-order chi connectivity index (χ1) is 7.91. The van der Waals surface area contributed by atoms with Crippen LogP contribution in [0.25, 0.3) is 0 Å². The number of hydrogen-bond acceptors (Lipinski definition) is 4. The van der Waals surface area contributed by atoms with Crippen LogP contribution in [0.2, 0.25) is 0 Å². The lowest BCUT2D eigenvalue weighted by atomic mass is 9.88. The van der Waals surface area contributed by atoms with Gasteiger partial charge in [0, 0.05) is 25.5 Å². The molecule has 0 saturated carbocycles. The van der Waals surface area contributed by atoms with E-state index in [9.17, 15) is 4.79 Å². The summed E-state index contributed by atoms with van der Waals surface area (Å²) in [4.78, 5) is 11.9. The molecule has 5 nitrogen and oxygen atoms in total. The number of aromatic nitrogens is 2. The number of rotatable bonds is 3. The van der Waals surface area contributed by atoms with Crippen molar-refractivity contribution in [3.05, 3.63) is 18.5 Å². The third-order valence-electron chi connectivity index (χ3n) is 2.79. The van der Waals surface area contributed by atoms with E-state index in [2.05, 4.69) is 10.4 Å². The molecule has 1 saturated heterocycles. The van der Waals surface area contributed by atoms with Gasteiger partial charge in [-0.05, 0) is 26.8 Å². The van der Waals surface area contributed by atoms with Gasteiger partial charge in [-0.25, -0.2) is 0 Å². The summed E-state index contributed by atoms with van der Waals surface area (Å²) in [5.74, 6) is -0.172. The molecular formula is C12H19N3O2. The van der Waals surface area contributed by atoms with Crippen LogP contribution in [0.15, 0.2) is 18.5 Å². The van der Waals surface area contributed by atoms with Gasteiger partial charge in [-0.2, -0.15) is 5.10 Å². The summed E-state index contributed by atoms with van der Waals surface area (Å²) in [7, 11) is 0. The molecule has 0 aromatic carbocycles. The first kappa shape index (κ1) is 12.1. The van der Waals surface area contributed by atoms with Crippen molar-refractivity contribution in [3.63, 3.8) is 0 Å². The molecule has 5 heteroatoms. The lowest BCUT2D eigenvalue weighted by Crippen LogP contribution is -2.61. The first-order valence-electron chi connectivity index (χ1n) is 5.84. The highest BCUT2D eigenvalue weighted by molar-refractivity contribution is 5.71. The summed E-state index contributed by atoms with van der Waals surface area (Å²) >= 11 is 0. The molecule has 0 aliphatic carbocycles. The number of esters is 1. The minimum atomic E-state index is -0.431. The maximum atomic E-state index is 11.9. The van der Waals surface area contributed by atoms with Gasteiger partial charge < -0.3 is 10.1 Å². The van der Waals surface area contributed by atoms with Gasteiger partial charge in [0.1, 0.15) is 5.60 Å². The Morgan fingerprint density at radius 2 is 2.24 bits per heavy atom. The highest BCUT2D eigenvalue weighted by Crippen LogP contribution is 2.26. The fourth-order valence-corrected chi connectivity index (χ4v) is 1.98. The second kappa shape index (κ2) is 4.14. The van der Waals surface area contributed by atoms with Gasteiger partial charge in [0.25, 0.3) is 0 Å². The third-order valence-corrected chi connectivity index (χ3v) is 2.79. The van der Waals surface area contributed by atoms with Crippen LogP contribution in [0.5, 0.6) is 0 Å². The average Bonchev–Trinajstić information content (AvgIpc) is 2.60. The zero-order valence-electron chi connectivity index (χ0n) is 10.6. The highest BCUT2D eigenvalue weighted by Gasteiger charge is 2.42. The minimum absolute atomic E-state index is 0.172. The molecule has 0 spiro atoms. The molecule has 2 rings (SSSR count). The Balaban J connectivity index is 2.04. The van der Waals surface area contributed by atoms with Crippen LogP contribution in [-0.4, -0.2) is 34.4 Å². The smallest absolute Gasteiger partial charge is 0.308 e. The van der Waals surface area contributed by atoms with Crippen molar-refractivity contribution < 1.29 is 9.53 Å². The maximum Gasteiger partial charge on any atom is 0.308 e. The van der Waals surface area contributed by atoms with Crippen LogP contribution in [0.1, 0.15) is 27.2 Å². The van der Waals surface area contributed by atoms with E-state index in [1.807, 2.05) is 37.7 Å². The normalized spacial score (nSPS) is 18.5. The summed E-state index contributed by atoms with van der Waals surface area (Å²) < 4.78 is 7.21. The van der Waals surface area contributed by atoms with Crippen LogP contribution in [0.4, 0.5) is 0 Å². The molecule has 1 aromatic heterocycles. The summed E-state index contributed by atoms with van der Waals surface area (Å²) in [5, 5.41) is 7.42. The molecule has 0 unspecified atom stereocenters. The number of hydrogen-bond donors (Lipinski definition) is 1. The van der Waals surface area contributed by atoms with E-state index in [1.54, 1.807) is 6.20 Å². The van der Waals surface area contributed by atoms with Crippen LogP contribution in [0.3, 0.4) is 0 Å². The lowest BCUT2D eigenvalue weighted by Gasteiger charge is -2.42. The molecule has 1 aromatic rings. The lowest BCUT2D eigenvalue weighted by molar-refractivity contribution is -0.158. The molecular weight excluding hydrogens is 218 g/mol. The summed E-state index contributed by atoms with van der Waals surface area (Å²) in [6.07, 6.45) is 3.99. The van der Waals surface area contributed by atoms with E-state index < -0.39 is 5.60 Å². The average molecular weight is 237 g/mol. The van der Waals surface area contributed by atoms with Gasteiger partial charge in [-0.15, -0.1) is 0 Å². The number of carbonyl (C=O) groups excluding carboxylic acids is 1. The largest absolute Gasteiger partial charge is 0.460 e. The molecule has 17 heavy (non-hydrogen) atoms. The monoisotopic (exact) mass is 237 g/mol. The molecule has 2 heterocycles. The summed E-state index contributed by atoms with van der Waals surface area (Å²) in [6.45, 7) is 7.15. The fraction of sp³-hybridized carbons (Fsp3) is 0.667. The Hall–Kier alpha value is -1.36. The van der Waals surface area contributed by atoms with E-state index in [0.717, 1.165) is 13.1 Å². The van der Waals surface area contributed by atoms with E-state index in [1.165, 1.54) is 0 Å². The highest BCUT2D eigenvalue weighted by atomic mass is 16.6. The topological polar surface area (TPSA) is 56.2 Å². The fourth-order valence-electron chi connectivity index (χ4n) is 1.98. The van der Waals surface area contributed by atoms with Gasteiger partial charge >= 0.3 is 5.97 Å². The van der Waals surface area contributed by atoms with Crippen molar-refractivity contribution in [2.45, 2.75) is 38.3 Å². The van der Waals surface area contributed by atoms with Crippen molar-refractivity contribution >= 4 is 5.97 Å². The molecule has 0 atom stereocenters. The minimum Gasteiger partial charge on any atom is -0.460 e. The standard InChI is InChI=1S/C12H19N3O2/c1-11(2,3)17-10(16)7-12(8-13-9-12)15-6-4-5-14-15/h4-6,13H,7-9H2,1-3H3. The van der Waals surface area contributed by atoms with Crippen LogP contribution >= 0.6 is 0 Å². The van der Waals surface area contributed by atoms with Gasteiger partial charge in [-0.1, -0.05) is 0 Å². The Bertz CT molecular complexity index is 388. The van der Waals surface area contributed by atoms with E-state index in [4.69, 9.17) is 4.74 Å². The summed E-state index contributed by atoms with van der Waals surface area (Å²) in [6, 6.07) is 1.87. The van der Waals surface area contributed by atoms with E-state index >= 15 is 0 Å². The van der Waals surface area contributed by atoms with Crippen molar-refractivity contribution in [3.8, 4) is 0 Å². The number of carbonyl (C=O) groups is 1. The van der Waals surface area contributed by atoms with Crippen LogP contribution in [-0.2, 0) is 15.1 Å². The van der Waals surface area contributed by atoms with Crippen LogP contribution in [0, 0.1) is 0 Å². The molecule has 1 N–H and O–H groups in total. The van der Waals surface area contributed by atoms with Crippen molar-refractivity contribution in [2.24, 2.45) is 0 Å². The SMILES string of the molecule is CC(C)(C)OC(=O)CC1(n2cccn2)CNC1. The Morgan fingerprint density at radius 3 is 2.65 bits per heavy atom. The van der Waals surface area contributed by atoms with Gasteiger partial charge in [0.2, 0.25) is 0 Å². The van der Waals surface area contributed by atoms with E-state index in [-0.39, 0.29) is 11.5 Å². The third kappa shape index (κ3) is 2.66. The Labute approximate surface area is 101 Å². The Kier molecular flexibility index (Phi) is 2.95.